The van der Waals surface area contributed by atoms with E-state index in [-0.39, 0.29) is 23.4 Å². The van der Waals surface area contributed by atoms with E-state index in [0.29, 0.717) is 27.7 Å². The van der Waals surface area contributed by atoms with Crippen LogP contribution in [0.15, 0.2) is 24.3 Å². The van der Waals surface area contributed by atoms with Crippen LogP contribution in [0.3, 0.4) is 0 Å². The third-order valence-electron chi connectivity index (χ3n) is 4.80. The number of nitrogens with zero attached hydrogens (tertiary/aromatic N) is 3. The van der Waals surface area contributed by atoms with E-state index in [0.717, 1.165) is 5.56 Å². The van der Waals surface area contributed by atoms with Crippen LogP contribution in [-0.2, 0) is 26.7 Å². The first-order valence-corrected chi connectivity index (χ1v) is 12.2. The number of hydrogen-bond acceptors (Lipinski definition) is 7. The van der Waals surface area contributed by atoms with E-state index >= 15 is 0 Å². The van der Waals surface area contributed by atoms with Crippen molar-refractivity contribution in [3.8, 4) is 6.07 Å². The van der Waals surface area contributed by atoms with Crippen LogP contribution in [0, 0.1) is 18.3 Å². The van der Waals surface area contributed by atoms with Gasteiger partial charge >= 0.3 is 6.16 Å². The molecule has 33 heavy (non-hydrogen) atoms. The smallest absolute Gasteiger partial charge is 0.451 e. The zero-order valence-electron chi connectivity index (χ0n) is 20.1. The first-order chi connectivity index (χ1) is 15.5. The lowest BCUT2D eigenvalue weighted by molar-refractivity contribution is -0.0658. The Kier molecular flexibility index (Phi) is 9.26. The molecule has 9 heteroatoms. The highest BCUT2D eigenvalue weighted by Crippen LogP contribution is 2.34. The summed E-state index contributed by atoms with van der Waals surface area (Å²) >= 11 is 8.07. The Morgan fingerprint density at radius 3 is 2.39 bits per heavy atom. The number of hydrogen-bond donors (Lipinski definition) is 0. The van der Waals surface area contributed by atoms with Gasteiger partial charge in [0.15, 0.2) is 5.76 Å². The van der Waals surface area contributed by atoms with Crippen molar-refractivity contribution in [1.29, 1.82) is 5.26 Å². The fourth-order valence-electron chi connectivity index (χ4n) is 3.06. The monoisotopic (exact) mass is 491 g/mol. The maximum absolute atomic E-state index is 12.0. The molecule has 0 amide bonds. The molecule has 0 N–H and O–H groups in total. The molecule has 1 unspecified atom stereocenters. The molecule has 0 aliphatic rings. The Morgan fingerprint density at radius 2 is 1.91 bits per heavy atom. The molecule has 1 aromatic heterocycles. The predicted octanol–water partition coefficient (Wildman–Crippen LogP) is 5.95. The van der Waals surface area contributed by atoms with E-state index in [1.165, 1.54) is 4.68 Å². The van der Waals surface area contributed by atoms with Crippen molar-refractivity contribution in [1.82, 2.24) is 9.78 Å². The van der Waals surface area contributed by atoms with Crippen molar-refractivity contribution in [2.75, 3.05) is 18.6 Å². The summed E-state index contributed by atoms with van der Waals surface area (Å²) in [6.07, 6.45) is 0.0238. The number of aromatic nitrogens is 2. The standard InChI is InChI=1S/C24H30ClN3O4S/c1-15-20(25)21(28(6)27-15)22(31-16(2)32-23(29)30-12-13-33-7)19(14-26)17-8-10-18(11-9-17)24(3,4)5/h8-11,16H,12-13H2,1-7H3/b22-19-. The minimum Gasteiger partial charge on any atom is -0.451 e. The Morgan fingerprint density at radius 1 is 1.27 bits per heavy atom. The van der Waals surface area contributed by atoms with Crippen LogP contribution < -0.4 is 0 Å². The van der Waals surface area contributed by atoms with Gasteiger partial charge in [0.2, 0.25) is 6.29 Å². The zero-order chi connectivity index (χ0) is 24.8. The summed E-state index contributed by atoms with van der Waals surface area (Å²) in [6.45, 7) is 9.89. The molecule has 0 spiro atoms. The number of allylic oxidation sites excluding steroid dienone is 1. The van der Waals surface area contributed by atoms with E-state index in [1.54, 1.807) is 32.7 Å². The molecule has 0 bridgehead atoms. The van der Waals surface area contributed by atoms with E-state index in [4.69, 9.17) is 25.8 Å². The number of halogens is 1. The Balaban J connectivity index is 2.48. The lowest BCUT2D eigenvalue weighted by Gasteiger charge is -2.21. The van der Waals surface area contributed by atoms with Gasteiger partial charge in [-0.2, -0.15) is 22.1 Å². The molecule has 2 rings (SSSR count). The van der Waals surface area contributed by atoms with Crippen molar-refractivity contribution < 1.29 is 19.0 Å². The van der Waals surface area contributed by atoms with E-state index in [1.807, 2.05) is 30.5 Å². The van der Waals surface area contributed by atoms with Crippen LogP contribution in [0.1, 0.15) is 50.2 Å². The second-order valence-electron chi connectivity index (χ2n) is 8.41. The molecular formula is C24H30ClN3O4S. The van der Waals surface area contributed by atoms with Crippen molar-refractivity contribution in [2.45, 2.75) is 46.3 Å². The van der Waals surface area contributed by atoms with Crippen molar-refractivity contribution in [2.24, 2.45) is 7.05 Å². The van der Waals surface area contributed by atoms with Crippen LogP contribution in [0.5, 0.6) is 0 Å². The Hall–Kier alpha value is -2.63. The molecule has 0 saturated carbocycles. The quantitative estimate of drug-likeness (QED) is 0.148. The number of rotatable bonds is 8. The summed E-state index contributed by atoms with van der Waals surface area (Å²) in [6, 6.07) is 9.90. The molecule has 1 atom stereocenters. The first-order valence-electron chi connectivity index (χ1n) is 10.4. The maximum Gasteiger partial charge on any atom is 0.511 e. The largest absolute Gasteiger partial charge is 0.511 e. The first kappa shape index (κ1) is 26.6. The summed E-state index contributed by atoms with van der Waals surface area (Å²) < 4.78 is 17.8. The van der Waals surface area contributed by atoms with Gasteiger partial charge in [0.25, 0.3) is 0 Å². The normalized spacial score (nSPS) is 13.1. The van der Waals surface area contributed by atoms with Gasteiger partial charge in [-0.05, 0) is 29.7 Å². The Labute approximate surface area is 204 Å². The predicted molar refractivity (Wildman–Crippen MR) is 132 cm³/mol. The van der Waals surface area contributed by atoms with Gasteiger partial charge in [-0.15, -0.1) is 0 Å². The summed E-state index contributed by atoms with van der Waals surface area (Å²) in [7, 11) is 1.71. The third-order valence-corrected chi connectivity index (χ3v) is 5.82. The lowest BCUT2D eigenvalue weighted by Crippen LogP contribution is -2.20. The van der Waals surface area contributed by atoms with Crippen LogP contribution in [-0.4, -0.2) is 40.8 Å². The van der Waals surface area contributed by atoms with Gasteiger partial charge in [-0.25, -0.2) is 4.79 Å². The minimum absolute atomic E-state index is 0.0319. The number of thioether (sulfide) groups is 1. The Bertz CT molecular complexity index is 1050. The van der Waals surface area contributed by atoms with Crippen LogP contribution >= 0.6 is 23.4 Å². The van der Waals surface area contributed by atoms with Crippen molar-refractivity contribution >= 4 is 40.9 Å². The average molecular weight is 492 g/mol. The highest BCUT2D eigenvalue weighted by Gasteiger charge is 2.25. The highest BCUT2D eigenvalue weighted by atomic mass is 35.5. The van der Waals surface area contributed by atoms with E-state index in [9.17, 15) is 10.1 Å². The molecule has 1 aromatic carbocycles. The van der Waals surface area contributed by atoms with Gasteiger partial charge in [-0.1, -0.05) is 56.6 Å². The second-order valence-corrected chi connectivity index (χ2v) is 9.77. The molecule has 7 nitrogen and oxygen atoms in total. The average Bonchev–Trinajstić information content (AvgIpc) is 2.99. The second kappa shape index (κ2) is 11.5. The van der Waals surface area contributed by atoms with Gasteiger partial charge in [0, 0.05) is 19.7 Å². The number of nitriles is 1. The highest BCUT2D eigenvalue weighted by molar-refractivity contribution is 7.98. The summed E-state index contributed by atoms with van der Waals surface area (Å²) in [4.78, 5) is 12.0. The fraction of sp³-hybridized carbons (Fsp3) is 0.458. The molecule has 0 fully saturated rings. The molecule has 0 aliphatic heterocycles. The number of carbonyl (C=O) groups is 1. The molecule has 0 aliphatic carbocycles. The molecule has 178 valence electrons. The van der Waals surface area contributed by atoms with E-state index < -0.39 is 12.4 Å². The lowest BCUT2D eigenvalue weighted by atomic mass is 9.86. The maximum atomic E-state index is 12.0. The topological polar surface area (TPSA) is 86.4 Å². The summed E-state index contributed by atoms with van der Waals surface area (Å²) in [5, 5.41) is 14.8. The van der Waals surface area contributed by atoms with E-state index in [2.05, 4.69) is 31.9 Å². The molecule has 2 aromatic rings. The zero-order valence-corrected chi connectivity index (χ0v) is 21.6. The minimum atomic E-state index is -1.04. The molecular weight excluding hydrogens is 462 g/mol. The summed E-state index contributed by atoms with van der Waals surface area (Å²) in [5.41, 5.74) is 2.98. The van der Waals surface area contributed by atoms with Gasteiger partial charge in [-0.3, -0.25) is 4.68 Å². The van der Waals surface area contributed by atoms with Crippen molar-refractivity contribution in [3.05, 3.63) is 51.8 Å². The number of carbonyl (C=O) groups excluding carboxylic acids is 1. The van der Waals surface area contributed by atoms with Crippen LogP contribution in [0.25, 0.3) is 11.3 Å². The molecule has 0 saturated heterocycles. The van der Waals surface area contributed by atoms with Gasteiger partial charge in [0.1, 0.15) is 23.9 Å². The number of aryl methyl sites for hydroxylation is 2. The summed E-state index contributed by atoms with van der Waals surface area (Å²) in [5.74, 6) is 0.821. The number of benzene rings is 1. The van der Waals surface area contributed by atoms with Crippen LogP contribution in [0.2, 0.25) is 5.02 Å². The van der Waals surface area contributed by atoms with Crippen molar-refractivity contribution in [3.63, 3.8) is 0 Å². The third kappa shape index (κ3) is 6.92. The SMILES string of the molecule is CSCCOC(=O)OC(C)O/C(=C(/C#N)c1ccc(C(C)(C)C)cc1)c1c(Cl)c(C)nn1C. The van der Waals surface area contributed by atoms with Gasteiger partial charge in [0.05, 0.1) is 10.7 Å². The molecule has 0 radical (unpaired) electrons. The fourth-order valence-corrected chi connectivity index (χ4v) is 3.56. The van der Waals surface area contributed by atoms with Gasteiger partial charge < -0.3 is 14.2 Å². The van der Waals surface area contributed by atoms with Crippen LogP contribution in [0.4, 0.5) is 4.79 Å². The number of ether oxygens (including phenoxy) is 3. The molecule has 1 heterocycles.